The van der Waals surface area contributed by atoms with E-state index in [1.165, 1.54) is 0 Å². The van der Waals surface area contributed by atoms with Crippen molar-refractivity contribution >= 4 is 16.9 Å². The molecule has 0 saturated carbocycles. The zero-order chi connectivity index (χ0) is 16.6. The van der Waals surface area contributed by atoms with E-state index in [2.05, 4.69) is 41.5 Å². The minimum absolute atomic E-state index is 0.0251. The van der Waals surface area contributed by atoms with Crippen LogP contribution in [0, 0.1) is 6.92 Å². The number of hydrogen-bond acceptors (Lipinski definition) is 4. The fourth-order valence-electron chi connectivity index (χ4n) is 3.24. The van der Waals surface area contributed by atoms with Crippen molar-refractivity contribution in [1.29, 1.82) is 0 Å². The van der Waals surface area contributed by atoms with Gasteiger partial charge in [0.1, 0.15) is 0 Å². The molecule has 2 aromatic heterocycles. The van der Waals surface area contributed by atoms with Gasteiger partial charge in [0.2, 0.25) is 0 Å². The number of nitrogens with one attached hydrogen (secondary N) is 2. The van der Waals surface area contributed by atoms with Crippen LogP contribution in [-0.2, 0) is 0 Å². The smallest absolute Gasteiger partial charge is 0.252 e. The second-order valence-corrected chi connectivity index (χ2v) is 6.78. The number of rotatable bonds is 3. The molecule has 1 aliphatic heterocycles. The molecule has 2 unspecified atom stereocenters. The first-order chi connectivity index (χ1) is 11.0. The lowest BCUT2D eigenvalue weighted by Crippen LogP contribution is -2.46. The van der Waals surface area contributed by atoms with Gasteiger partial charge >= 0.3 is 0 Å². The summed E-state index contributed by atoms with van der Waals surface area (Å²) in [6.45, 7) is 9.14. The van der Waals surface area contributed by atoms with Gasteiger partial charge in [-0.2, -0.15) is 5.10 Å². The van der Waals surface area contributed by atoms with Crippen LogP contribution in [0.2, 0.25) is 0 Å². The molecule has 0 aliphatic carbocycles. The Hall–Kier alpha value is -1.95. The molecule has 0 aromatic carbocycles. The average Bonchev–Trinajstić information content (AvgIpc) is 2.90. The number of carbonyl (C=O) groups is 1. The molecule has 2 aromatic rings. The normalized spacial score (nSPS) is 21.8. The van der Waals surface area contributed by atoms with Crippen LogP contribution in [0.15, 0.2) is 12.3 Å². The number of aryl methyl sites for hydroxylation is 1. The molecule has 0 radical (unpaired) electrons. The van der Waals surface area contributed by atoms with Gasteiger partial charge in [-0.15, -0.1) is 0 Å². The van der Waals surface area contributed by atoms with Crippen LogP contribution in [0.1, 0.15) is 55.7 Å². The molecular formula is C17H25N5O. The Bertz CT molecular complexity index is 721. The van der Waals surface area contributed by atoms with Crippen LogP contribution in [0.4, 0.5) is 0 Å². The average molecular weight is 315 g/mol. The van der Waals surface area contributed by atoms with Gasteiger partial charge in [0.05, 0.1) is 17.1 Å². The summed E-state index contributed by atoms with van der Waals surface area (Å²) in [5, 5.41) is 11.8. The van der Waals surface area contributed by atoms with Crippen molar-refractivity contribution in [2.75, 3.05) is 6.54 Å². The van der Waals surface area contributed by atoms with Crippen molar-refractivity contribution in [2.24, 2.45) is 0 Å². The predicted molar refractivity (Wildman–Crippen MR) is 90.6 cm³/mol. The maximum atomic E-state index is 12.8. The van der Waals surface area contributed by atoms with E-state index >= 15 is 0 Å². The molecule has 2 atom stereocenters. The van der Waals surface area contributed by atoms with Gasteiger partial charge in [0.15, 0.2) is 5.65 Å². The quantitative estimate of drug-likeness (QED) is 0.911. The van der Waals surface area contributed by atoms with E-state index in [1.807, 2.05) is 17.7 Å². The van der Waals surface area contributed by atoms with Gasteiger partial charge in [-0.25, -0.2) is 9.67 Å². The van der Waals surface area contributed by atoms with E-state index in [9.17, 15) is 4.79 Å². The topological polar surface area (TPSA) is 71.8 Å². The van der Waals surface area contributed by atoms with Gasteiger partial charge < -0.3 is 10.6 Å². The van der Waals surface area contributed by atoms with Crippen molar-refractivity contribution < 1.29 is 4.79 Å². The van der Waals surface area contributed by atoms with E-state index in [-0.39, 0.29) is 18.0 Å². The van der Waals surface area contributed by atoms with E-state index in [1.54, 1.807) is 6.20 Å². The molecule has 6 nitrogen and oxygen atoms in total. The van der Waals surface area contributed by atoms with Gasteiger partial charge in [0, 0.05) is 23.8 Å². The number of piperidine rings is 1. The highest BCUT2D eigenvalue weighted by molar-refractivity contribution is 6.05. The third-order valence-corrected chi connectivity index (χ3v) is 4.39. The van der Waals surface area contributed by atoms with Crippen molar-refractivity contribution in [1.82, 2.24) is 25.4 Å². The Labute approximate surface area is 136 Å². The third kappa shape index (κ3) is 3.22. The van der Waals surface area contributed by atoms with E-state index in [0.29, 0.717) is 11.6 Å². The summed E-state index contributed by atoms with van der Waals surface area (Å²) in [6.07, 6.45) is 3.68. The summed E-state index contributed by atoms with van der Waals surface area (Å²) < 4.78 is 1.87. The Morgan fingerprint density at radius 3 is 2.96 bits per heavy atom. The van der Waals surface area contributed by atoms with Crippen LogP contribution < -0.4 is 10.6 Å². The maximum Gasteiger partial charge on any atom is 0.252 e. The summed E-state index contributed by atoms with van der Waals surface area (Å²) >= 11 is 0. The molecule has 23 heavy (non-hydrogen) atoms. The number of hydrogen-bond donors (Lipinski definition) is 2. The van der Waals surface area contributed by atoms with Crippen molar-refractivity contribution in [2.45, 2.75) is 58.7 Å². The molecule has 3 rings (SSSR count). The van der Waals surface area contributed by atoms with Crippen LogP contribution >= 0.6 is 0 Å². The Morgan fingerprint density at radius 2 is 2.26 bits per heavy atom. The summed E-state index contributed by atoms with van der Waals surface area (Å²) in [5.74, 6) is -0.0251. The minimum Gasteiger partial charge on any atom is -0.349 e. The number of carbonyl (C=O) groups excluding carboxylic acids is 1. The molecule has 0 bridgehead atoms. The SMILES string of the molecule is Cc1cc(C(=O)NC2CCNC(C)C2)c2cnn(C(C)C)c2n1. The summed E-state index contributed by atoms with van der Waals surface area (Å²) in [6, 6.07) is 2.73. The highest BCUT2D eigenvalue weighted by Gasteiger charge is 2.22. The standard InChI is InChI=1S/C17H25N5O/c1-10(2)22-16-15(9-19-22)14(8-12(4)20-16)17(23)21-13-5-6-18-11(3)7-13/h8-11,13,18H,5-7H2,1-4H3,(H,21,23). The van der Waals surface area contributed by atoms with E-state index in [0.717, 1.165) is 36.1 Å². The first-order valence-corrected chi connectivity index (χ1v) is 8.35. The number of fused-ring (bicyclic) bond motifs is 1. The third-order valence-electron chi connectivity index (χ3n) is 4.39. The number of amides is 1. The predicted octanol–water partition coefficient (Wildman–Crippen LogP) is 2.19. The summed E-state index contributed by atoms with van der Waals surface area (Å²) in [5.41, 5.74) is 2.29. The van der Waals surface area contributed by atoms with Crippen LogP contribution in [-0.4, -0.2) is 39.3 Å². The minimum atomic E-state index is -0.0251. The molecule has 1 amide bonds. The molecule has 1 aliphatic rings. The van der Waals surface area contributed by atoms with Crippen LogP contribution in [0.25, 0.3) is 11.0 Å². The Morgan fingerprint density at radius 1 is 1.48 bits per heavy atom. The highest BCUT2D eigenvalue weighted by Crippen LogP contribution is 2.21. The molecule has 1 saturated heterocycles. The van der Waals surface area contributed by atoms with E-state index in [4.69, 9.17) is 0 Å². The van der Waals surface area contributed by atoms with Crippen molar-refractivity contribution in [3.8, 4) is 0 Å². The van der Waals surface area contributed by atoms with Gasteiger partial charge in [-0.3, -0.25) is 4.79 Å². The van der Waals surface area contributed by atoms with Gasteiger partial charge in [0.25, 0.3) is 5.91 Å². The largest absolute Gasteiger partial charge is 0.349 e. The van der Waals surface area contributed by atoms with E-state index < -0.39 is 0 Å². The number of aromatic nitrogens is 3. The Kier molecular flexibility index (Phi) is 4.35. The zero-order valence-corrected chi connectivity index (χ0v) is 14.3. The first kappa shape index (κ1) is 15.9. The highest BCUT2D eigenvalue weighted by atomic mass is 16.1. The fraction of sp³-hybridized carbons (Fsp3) is 0.588. The van der Waals surface area contributed by atoms with Crippen LogP contribution in [0.5, 0.6) is 0 Å². The lowest BCUT2D eigenvalue weighted by atomic mass is 10.00. The summed E-state index contributed by atoms with van der Waals surface area (Å²) in [4.78, 5) is 17.3. The number of nitrogens with zero attached hydrogens (tertiary/aromatic N) is 3. The molecule has 2 N–H and O–H groups in total. The number of pyridine rings is 1. The lowest BCUT2D eigenvalue weighted by Gasteiger charge is -2.28. The molecule has 124 valence electrons. The maximum absolute atomic E-state index is 12.8. The monoisotopic (exact) mass is 315 g/mol. The zero-order valence-electron chi connectivity index (χ0n) is 14.3. The fourth-order valence-corrected chi connectivity index (χ4v) is 3.24. The van der Waals surface area contributed by atoms with Crippen molar-refractivity contribution in [3.63, 3.8) is 0 Å². The first-order valence-electron chi connectivity index (χ1n) is 8.35. The second-order valence-electron chi connectivity index (χ2n) is 6.78. The molecule has 6 heteroatoms. The Balaban J connectivity index is 1.91. The van der Waals surface area contributed by atoms with Crippen LogP contribution in [0.3, 0.4) is 0 Å². The molecule has 3 heterocycles. The molecular weight excluding hydrogens is 290 g/mol. The molecule has 1 fully saturated rings. The van der Waals surface area contributed by atoms with Crippen molar-refractivity contribution in [3.05, 3.63) is 23.5 Å². The van der Waals surface area contributed by atoms with Gasteiger partial charge in [-0.05, 0) is 53.1 Å². The molecule has 0 spiro atoms. The summed E-state index contributed by atoms with van der Waals surface area (Å²) in [7, 11) is 0. The second kappa shape index (κ2) is 6.28. The van der Waals surface area contributed by atoms with Gasteiger partial charge in [-0.1, -0.05) is 0 Å². The lowest BCUT2D eigenvalue weighted by molar-refractivity contribution is 0.0927.